The Morgan fingerprint density at radius 1 is 1.10 bits per heavy atom. The molecule has 0 bridgehead atoms. The summed E-state index contributed by atoms with van der Waals surface area (Å²) in [6.45, 7) is 2.29. The molecule has 2 aromatic rings. The Morgan fingerprint density at radius 3 is 2.55 bits per heavy atom. The molecule has 1 N–H and O–H groups in total. The summed E-state index contributed by atoms with van der Waals surface area (Å²) in [6, 6.07) is 11.4. The van der Waals surface area contributed by atoms with Crippen molar-refractivity contribution in [3.05, 3.63) is 64.7 Å². The van der Waals surface area contributed by atoms with Gasteiger partial charge in [0.05, 0.1) is 29.3 Å². The number of hydrogen-bond donors (Lipinski definition) is 1. The molecule has 2 aliphatic rings. The lowest BCUT2D eigenvalue weighted by atomic mass is 10.1. The van der Waals surface area contributed by atoms with Crippen LogP contribution < -0.4 is 5.32 Å². The van der Waals surface area contributed by atoms with E-state index in [1.165, 1.54) is 18.2 Å². The minimum absolute atomic E-state index is 0.0991. The molecule has 0 aliphatic carbocycles. The van der Waals surface area contributed by atoms with Crippen LogP contribution in [-0.4, -0.2) is 54.5 Å². The average Bonchev–Trinajstić information content (AvgIpc) is 3.36. The number of aryl methyl sites for hydroxylation is 1. The van der Waals surface area contributed by atoms with E-state index in [4.69, 9.17) is 9.47 Å². The van der Waals surface area contributed by atoms with Crippen molar-refractivity contribution in [3.63, 3.8) is 0 Å². The Kier molecular flexibility index (Phi) is 5.81. The number of nitrogens with one attached hydrogen (secondary N) is 1. The van der Waals surface area contributed by atoms with Crippen molar-refractivity contribution in [2.24, 2.45) is 0 Å². The van der Waals surface area contributed by atoms with Gasteiger partial charge in [-0.25, -0.2) is 4.79 Å². The average molecular weight is 422 g/mol. The number of anilines is 1. The fourth-order valence-corrected chi connectivity index (χ4v) is 3.62. The zero-order valence-electron chi connectivity index (χ0n) is 17.1. The number of amides is 3. The second-order valence-electron chi connectivity index (χ2n) is 7.61. The lowest BCUT2D eigenvalue weighted by Gasteiger charge is -2.17. The molecule has 2 aliphatic heterocycles. The van der Waals surface area contributed by atoms with Gasteiger partial charge in [0.25, 0.3) is 17.7 Å². The maximum Gasteiger partial charge on any atom is 0.338 e. The normalized spacial score (nSPS) is 17.6. The first-order chi connectivity index (χ1) is 14.9. The topological polar surface area (TPSA) is 102 Å². The van der Waals surface area contributed by atoms with Crippen LogP contribution in [0.3, 0.4) is 0 Å². The predicted octanol–water partition coefficient (Wildman–Crippen LogP) is 2.57. The van der Waals surface area contributed by atoms with E-state index in [0.29, 0.717) is 12.3 Å². The predicted molar refractivity (Wildman–Crippen MR) is 111 cm³/mol. The van der Waals surface area contributed by atoms with Crippen LogP contribution in [-0.2, 0) is 14.3 Å². The maximum absolute atomic E-state index is 12.7. The molecule has 0 spiro atoms. The second kappa shape index (κ2) is 8.69. The van der Waals surface area contributed by atoms with Crippen molar-refractivity contribution in [2.75, 3.05) is 25.1 Å². The van der Waals surface area contributed by atoms with Gasteiger partial charge >= 0.3 is 5.97 Å². The van der Waals surface area contributed by atoms with Gasteiger partial charge in [0.1, 0.15) is 0 Å². The summed E-state index contributed by atoms with van der Waals surface area (Å²) >= 11 is 0. The number of benzene rings is 2. The monoisotopic (exact) mass is 422 g/mol. The maximum atomic E-state index is 12.7. The largest absolute Gasteiger partial charge is 0.452 e. The summed E-state index contributed by atoms with van der Waals surface area (Å²) in [5, 5.41) is 2.64. The van der Waals surface area contributed by atoms with Crippen LogP contribution in [0.15, 0.2) is 42.5 Å². The molecule has 1 fully saturated rings. The lowest BCUT2D eigenvalue weighted by Crippen LogP contribution is -2.36. The Balaban J connectivity index is 1.37. The molecule has 0 aromatic heterocycles. The van der Waals surface area contributed by atoms with E-state index in [-0.39, 0.29) is 29.3 Å². The minimum atomic E-state index is -0.750. The van der Waals surface area contributed by atoms with E-state index in [1.807, 2.05) is 19.1 Å². The van der Waals surface area contributed by atoms with Crippen LogP contribution in [0.5, 0.6) is 0 Å². The Hall–Kier alpha value is -3.52. The first-order valence-electron chi connectivity index (χ1n) is 10.1. The van der Waals surface area contributed by atoms with Crippen LogP contribution in [0.4, 0.5) is 5.69 Å². The SMILES string of the molecule is Cc1ccc(NC(=O)COC(=O)c2ccc3c(c2)C(=O)N(C[C@H]2CCCO2)C3=O)cc1. The van der Waals surface area contributed by atoms with Crippen molar-refractivity contribution in [3.8, 4) is 0 Å². The van der Waals surface area contributed by atoms with Crippen LogP contribution in [0.25, 0.3) is 0 Å². The molecule has 0 unspecified atom stereocenters. The van der Waals surface area contributed by atoms with Crippen LogP contribution in [0.1, 0.15) is 49.5 Å². The van der Waals surface area contributed by atoms with Crippen LogP contribution in [0, 0.1) is 6.92 Å². The van der Waals surface area contributed by atoms with Gasteiger partial charge in [0.2, 0.25) is 0 Å². The first-order valence-corrected chi connectivity index (χ1v) is 10.1. The summed E-state index contributed by atoms with van der Waals surface area (Å²) < 4.78 is 10.6. The molecular formula is C23H22N2O6. The molecular weight excluding hydrogens is 400 g/mol. The van der Waals surface area contributed by atoms with E-state index in [9.17, 15) is 19.2 Å². The third kappa shape index (κ3) is 4.49. The van der Waals surface area contributed by atoms with Gasteiger partial charge in [-0.1, -0.05) is 17.7 Å². The number of imide groups is 1. The summed E-state index contributed by atoms with van der Waals surface area (Å²) in [4.78, 5) is 50.8. The zero-order valence-corrected chi connectivity index (χ0v) is 17.1. The smallest absolute Gasteiger partial charge is 0.338 e. The van der Waals surface area contributed by atoms with E-state index in [0.717, 1.165) is 23.3 Å². The van der Waals surface area contributed by atoms with Gasteiger partial charge in [-0.05, 0) is 50.1 Å². The molecule has 8 heteroatoms. The van der Waals surface area contributed by atoms with E-state index in [2.05, 4.69) is 5.32 Å². The number of carbonyl (C=O) groups excluding carboxylic acids is 4. The van der Waals surface area contributed by atoms with Gasteiger partial charge < -0.3 is 14.8 Å². The third-order valence-electron chi connectivity index (χ3n) is 5.29. The highest BCUT2D eigenvalue weighted by Crippen LogP contribution is 2.26. The zero-order chi connectivity index (χ0) is 22.0. The van der Waals surface area contributed by atoms with Gasteiger partial charge in [-0.15, -0.1) is 0 Å². The van der Waals surface area contributed by atoms with Crippen molar-refractivity contribution in [1.82, 2.24) is 4.90 Å². The van der Waals surface area contributed by atoms with Crippen molar-refractivity contribution in [1.29, 1.82) is 0 Å². The molecule has 160 valence electrons. The van der Waals surface area contributed by atoms with Gasteiger partial charge in [-0.3, -0.25) is 19.3 Å². The summed E-state index contributed by atoms with van der Waals surface area (Å²) in [7, 11) is 0. The molecule has 4 rings (SSSR count). The highest BCUT2D eigenvalue weighted by atomic mass is 16.5. The number of carbonyl (C=O) groups is 4. The fraction of sp³-hybridized carbons (Fsp3) is 0.304. The molecule has 0 radical (unpaired) electrons. The highest BCUT2D eigenvalue weighted by molar-refractivity contribution is 6.22. The molecule has 1 saturated heterocycles. The fourth-order valence-electron chi connectivity index (χ4n) is 3.62. The van der Waals surface area contributed by atoms with E-state index < -0.39 is 30.3 Å². The number of esters is 1. The molecule has 8 nitrogen and oxygen atoms in total. The molecule has 0 saturated carbocycles. The molecule has 2 heterocycles. The minimum Gasteiger partial charge on any atom is -0.452 e. The van der Waals surface area contributed by atoms with Gasteiger partial charge in [0.15, 0.2) is 6.61 Å². The first kappa shape index (κ1) is 20.7. The Labute approximate surface area is 179 Å². The molecule has 31 heavy (non-hydrogen) atoms. The lowest BCUT2D eigenvalue weighted by molar-refractivity contribution is -0.119. The highest BCUT2D eigenvalue weighted by Gasteiger charge is 2.38. The summed E-state index contributed by atoms with van der Waals surface area (Å²) in [5.41, 5.74) is 2.16. The van der Waals surface area contributed by atoms with Crippen molar-refractivity contribution >= 4 is 29.4 Å². The third-order valence-corrected chi connectivity index (χ3v) is 5.29. The Morgan fingerprint density at radius 2 is 1.84 bits per heavy atom. The number of rotatable bonds is 6. The van der Waals surface area contributed by atoms with Crippen LogP contribution >= 0.6 is 0 Å². The summed E-state index contributed by atoms with van der Waals surface area (Å²) in [5.74, 6) is -2.08. The van der Waals surface area contributed by atoms with E-state index >= 15 is 0 Å². The molecule has 3 amide bonds. The van der Waals surface area contributed by atoms with Gasteiger partial charge in [-0.2, -0.15) is 0 Å². The van der Waals surface area contributed by atoms with Crippen molar-refractivity contribution < 1.29 is 28.7 Å². The number of ether oxygens (including phenoxy) is 2. The Bertz CT molecular complexity index is 1040. The quantitative estimate of drug-likeness (QED) is 0.567. The second-order valence-corrected chi connectivity index (χ2v) is 7.61. The van der Waals surface area contributed by atoms with Crippen molar-refractivity contribution in [2.45, 2.75) is 25.9 Å². The number of hydrogen-bond acceptors (Lipinski definition) is 6. The number of fused-ring (bicyclic) bond motifs is 1. The van der Waals surface area contributed by atoms with E-state index in [1.54, 1.807) is 12.1 Å². The summed E-state index contributed by atoms with van der Waals surface area (Å²) in [6.07, 6.45) is 1.55. The van der Waals surface area contributed by atoms with Gasteiger partial charge in [0, 0.05) is 12.3 Å². The molecule has 1 atom stereocenters. The van der Waals surface area contributed by atoms with Crippen LogP contribution in [0.2, 0.25) is 0 Å². The standard InChI is InChI=1S/C23H22N2O6/c1-14-4-7-16(8-5-14)24-20(26)13-31-23(29)15-6-9-18-19(11-15)22(28)25(21(18)27)12-17-3-2-10-30-17/h4-9,11,17H,2-3,10,12-13H2,1H3,(H,24,26)/t17-/m1/s1. The molecule has 2 aromatic carbocycles. The number of nitrogens with zero attached hydrogens (tertiary/aromatic N) is 1.